The van der Waals surface area contributed by atoms with Crippen LogP contribution in [0.4, 0.5) is 0 Å². The number of aliphatic hydroxyl groups is 1. The van der Waals surface area contributed by atoms with Crippen LogP contribution < -0.4 is 5.76 Å². The van der Waals surface area contributed by atoms with Gasteiger partial charge < -0.3 is 14.6 Å². The summed E-state index contributed by atoms with van der Waals surface area (Å²) in [5.41, 5.74) is 0.231. The number of aliphatic hydroxyl groups excluding tert-OH is 1. The molecule has 0 radical (unpaired) electrons. The number of benzene rings is 1. The van der Waals surface area contributed by atoms with E-state index in [2.05, 4.69) is 0 Å². The predicted molar refractivity (Wildman–Crippen MR) is 68.1 cm³/mol. The van der Waals surface area contributed by atoms with Crippen molar-refractivity contribution in [3.05, 3.63) is 34.3 Å². The van der Waals surface area contributed by atoms with Gasteiger partial charge in [0.15, 0.2) is 5.58 Å². The van der Waals surface area contributed by atoms with Crippen molar-refractivity contribution < 1.29 is 19.4 Å². The number of carbonyl (C=O) groups is 1. The topological polar surface area (TPSA) is 92.7 Å². The second kappa shape index (κ2) is 4.55. The molecular formula is C13H15NO5. The molecule has 0 fully saturated rings. The predicted octanol–water partition coefficient (Wildman–Crippen LogP) is 0.856. The van der Waals surface area contributed by atoms with E-state index in [0.717, 1.165) is 0 Å². The van der Waals surface area contributed by atoms with Crippen LogP contribution in [-0.2, 0) is 17.3 Å². The minimum Gasteiger partial charge on any atom is -0.481 e. The van der Waals surface area contributed by atoms with Gasteiger partial charge in [-0.05, 0) is 31.0 Å². The largest absolute Gasteiger partial charge is 0.481 e. The van der Waals surface area contributed by atoms with E-state index in [1.165, 1.54) is 11.5 Å². The van der Waals surface area contributed by atoms with E-state index < -0.39 is 17.1 Å². The molecule has 2 N–H and O–H groups in total. The van der Waals surface area contributed by atoms with E-state index in [1.54, 1.807) is 25.2 Å². The summed E-state index contributed by atoms with van der Waals surface area (Å²) < 4.78 is 6.39. The number of fused-ring (bicyclic) bond motifs is 1. The number of hydrogen-bond acceptors (Lipinski definition) is 4. The van der Waals surface area contributed by atoms with Crippen LogP contribution in [0.25, 0.3) is 11.1 Å². The Kier molecular flexibility index (Phi) is 3.20. The standard InChI is InChI=1S/C13H15NO5/c1-13(5-6-15,11(16)17)8-3-4-9-10(7-8)19-12(18)14(9)2/h3-4,7,15H,5-6H2,1-2H3,(H,16,17). The van der Waals surface area contributed by atoms with Crippen LogP contribution in [0.3, 0.4) is 0 Å². The van der Waals surface area contributed by atoms with Crippen LogP contribution in [0, 0.1) is 0 Å². The van der Waals surface area contributed by atoms with Crippen LogP contribution in [0.15, 0.2) is 27.4 Å². The highest BCUT2D eigenvalue weighted by atomic mass is 16.4. The Labute approximate surface area is 108 Å². The maximum atomic E-state index is 11.4. The van der Waals surface area contributed by atoms with Gasteiger partial charge in [0.05, 0.1) is 10.9 Å². The molecule has 6 nitrogen and oxygen atoms in total. The summed E-state index contributed by atoms with van der Waals surface area (Å²) in [4.78, 5) is 22.8. The van der Waals surface area contributed by atoms with Crippen molar-refractivity contribution in [3.8, 4) is 0 Å². The van der Waals surface area contributed by atoms with Crippen molar-refractivity contribution in [2.45, 2.75) is 18.8 Å². The molecule has 0 saturated carbocycles. The number of nitrogens with zero attached hydrogens (tertiary/aromatic N) is 1. The third kappa shape index (κ3) is 2.04. The molecule has 0 saturated heterocycles. The van der Waals surface area contributed by atoms with Gasteiger partial charge in [-0.25, -0.2) is 4.79 Å². The minimum atomic E-state index is -1.21. The number of hydrogen-bond donors (Lipinski definition) is 2. The molecule has 0 aliphatic rings. The zero-order valence-corrected chi connectivity index (χ0v) is 10.7. The SMILES string of the molecule is Cn1c(=O)oc2cc(C(C)(CCO)C(=O)O)ccc21. The molecule has 1 heterocycles. The van der Waals surface area contributed by atoms with Crippen LogP contribution in [0.2, 0.25) is 0 Å². The lowest BCUT2D eigenvalue weighted by Gasteiger charge is -2.24. The average molecular weight is 265 g/mol. The summed E-state index contributed by atoms with van der Waals surface area (Å²) in [5, 5.41) is 18.4. The number of rotatable bonds is 4. The van der Waals surface area contributed by atoms with Crippen LogP contribution in [0.1, 0.15) is 18.9 Å². The first-order valence-electron chi connectivity index (χ1n) is 5.84. The molecule has 1 aromatic heterocycles. The van der Waals surface area contributed by atoms with Crippen LogP contribution >= 0.6 is 0 Å². The van der Waals surface area contributed by atoms with E-state index >= 15 is 0 Å². The Morgan fingerprint density at radius 3 is 2.74 bits per heavy atom. The molecule has 1 aromatic carbocycles. The lowest BCUT2D eigenvalue weighted by molar-refractivity contribution is -0.143. The van der Waals surface area contributed by atoms with Gasteiger partial charge in [-0.15, -0.1) is 0 Å². The van der Waals surface area contributed by atoms with Crippen molar-refractivity contribution >= 4 is 17.1 Å². The monoisotopic (exact) mass is 265 g/mol. The molecule has 6 heteroatoms. The summed E-state index contributed by atoms with van der Waals surface area (Å²) in [6, 6.07) is 4.83. The van der Waals surface area contributed by atoms with E-state index in [-0.39, 0.29) is 13.0 Å². The molecule has 1 atom stereocenters. The lowest BCUT2D eigenvalue weighted by atomic mass is 9.80. The zero-order chi connectivity index (χ0) is 14.2. The average Bonchev–Trinajstić information content (AvgIpc) is 2.64. The number of oxazole rings is 1. The number of aryl methyl sites for hydroxylation is 1. The smallest absolute Gasteiger partial charge is 0.419 e. The second-order valence-electron chi connectivity index (χ2n) is 4.72. The molecule has 1 unspecified atom stereocenters. The van der Waals surface area contributed by atoms with Crippen molar-refractivity contribution in [2.24, 2.45) is 7.05 Å². The quantitative estimate of drug-likeness (QED) is 0.855. The van der Waals surface area contributed by atoms with Crippen LogP contribution in [0.5, 0.6) is 0 Å². The molecule has 0 bridgehead atoms. The van der Waals surface area contributed by atoms with Crippen LogP contribution in [-0.4, -0.2) is 27.4 Å². The first-order valence-corrected chi connectivity index (χ1v) is 5.84. The Balaban J connectivity index is 2.62. The maximum Gasteiger partial charge on any atom is 0.419 e. The summed E-state index contributed by atoms with van der Waals surface area (Å²) in [5.74, 6) is -1.52. The van der Waals surface area contributed by atoms with Gasteiger partial charge in [-0.2, -0.15) is 0 Å². The molecule has 2 rings (SSSR count). The van der Waals surface area contributed by atoms with E-state index in [9.17, 15) is 14.7 Å². The van der Waals surface area contributed by atoms with E-state index in [4.69, 9.17) is 9.52 Å². The Hall–Kier alpha value is -2.08. The van der Waals surface area contributed by atoms with Gasteiger partial charge in [-0.1, -0.05) is 6.07 Å². The molecule has 0 aliphatic carbocycles. The molecule has 0 spiro atoms. The Morgan fingerprint density at radius 1 is 1.47 bits per heavy atom. The van der Waals surface area contributed by atoms with Crippen molar-refractivity contribution in [1.82, 2.24) is 4.57 Å². The molecule has 102 valence electrons. The third-order valence-electron chi connectivity index (χ3n) is 3.51. The second-order valence-corrected chi connectivity index (χ2v) is 4.72. The first-order chi connectivity index (χ1) is 8.90. The van der Waals surface area contributed by atoms with Gasteiger partial charge in [0.1, 0.15) is 0 Å². The molecule has 0 amide bonds. The summed E-state index contributed by atoms with van der Waals surface area (Å²) in [6.07, 6.45) is 0.0882. The molecule has 19 heavy (non-hydrogen) atoms. The van der Waals surface area contributed by atoms with Crippen molar-refractivity contribution in [3.63, 3.8) is 0 Å². The fourth-order valence-electron chi connectivity index (χ4n) is 2.08. The Bertz CT molecular complexity index is 684. The molecule has 2 aromatic rings. The lowest BCUT2D eigenvalue weighted by Crippen LogP contribution is -2.33. The molecular weight excluding hydrogens is 250 g/mol. The minimum absolute atomic E-state index is 0.0882. The van der Waals surface area contributed by atoms with E-state index in [1.807, 2.05) is 0 Å². The van der Waals surface area contributed by atoms with Crippen molar-refractivity contribution in [1.29, 1.82) is 0 Å². The van der Waals surface area contributed by atoms with Gasteiger partial charge in [-0.3, -0.25) is 9.36 Å². The number of aromatic nitrogens is 1. The number of carboxylic acids is 1. The highest BCUT2D eigenvalue weighted by molar-refractivity contribution is 5.83. The van der Waals surface area contributed by atoms with Gasteiger partial charge in [0, 0.05) is 13.7 Å². The highest BCUT2D eigenvalue weighted by Gasteiger charge is 2.35. The maximum absolute atomic E-state index is 11.4. The summed E-state index contributed by atoms with van der Waals surface area (Å²) in [6.45, 7) is 1.30. The fourth-order valence-corrected chi connectivity index (χ4v) is 2.08. The zero-order valence-electron chi connectivity index (χ0n) is 10.7. The first kappa shape index (κ1) is 13.4. The summed E-state index contributed by atoms with van der Waals surface area (Å²) >= 11 is 0. The van der Waals surface area contributed by atoms with Gasteiger partial charge >= 0.3 is 11.7 Å². The van der Waals surface area contributed by atoms with Gasteiger partial charge in [0.25, 0.3) is 0 Å². The van der Waals surface area contributed by atoms with Crippen molar-refractivity contribution in [2.75, 3.05) is 6.61 Å². The Morgan fingerprint density at radius 2 is 2.16 bits per heavy atom. The molecule has 0 aliphatic heterocycles. The normalized spacial score (nSPS) is 14.5. The van der Waals surface area contributed by atoms with E-state index in [0.29, 0.717) is 16.7 Å². The van der Waals surface area contributed by atoms with Gasteiger partial charge in [0.2, 0.25) is 0 Å². The third-order valence-corrected chi connectivity index (χ3v) is 3.51. The number of carboxylic acid groups (broad SMARTS) is 1. The summed E-state index contributed by atoms with van der Waals surface area (Å²) in [7, 11) is 1.58. The fraction of sp³-hybridized carbons (Fsp3) is 0.385. The number of aliphatic carboxylic acids is 1. The highest BCUT2D eigenvalue weighted by Crippen LogP contribution is 2.30.